The summed E-state index contributed by atoms with van der Waals surface area (Å²) in [6.07, 6.45) is -2.39. The van der Waals surface area contributed by atoms with Crippen LogP contribution in [0.4, 0.5) is 13.2 Å². The van der Waals surface area contributed by atoms with Crippen LogP contribution in [0.25, 0.3) is 0 Å². The van der Waals surface area contributed by atoms with Crippen LogP contribution in [-0.2, 0) is 11.0 Å². The molecule has 1 amide bonds. The molecule has 8 heteroatoms. The Morgan fingerprint density at radius 2 is 1.90 bits per heavy atom. The lowest BCUT2D eigenvalue weighted by Gasteiger charge is -2.65. The summed E-state index contributed by atoms with van der Waals surface area (Å²) < 4.78 is 46.1. The van der Waals surface area contributed by atoms with Gasteiger partial charge in [0, 0.05) is 23.4 Å². The summed E-state index contributed by atoms with van der Waals surface area (Å²) in [6.45, 7) is 8.99. The minimum Gasteiger partial charge on any atom is -0.489 e. The summed E-state index contributed by atoms with van der Waals surface area (Å²) >= 11 is 0. The van der Waals surface area contributed by atoms with Crippen molar-refractivity contribution in [2.24, 2.45) is 15.8 Å². The number of hydrogen-bond acceptors (Lipinski definition) is 4. The second-order valence-electron chi connectivity index (χ2n) is 9.53. The number of benzene rings is 1. The molecule has 0 spiro atoms. The van der Waals surface area contributed by atoms with Crippen molar-refractivity contribution in [3.8, 4) is 11.8 Å². The summed E-state index contributed by atoms with van der Waals surface area (Å²) in [5.74, 6) is 0.0187. The van der Waals surface area contributed by atoms with Gasteiger partial charge in [-0.25, -0.2) is 0 Å². The number of alkyl halides is 3. The van der Waals surface area contributed by atoms with Gasteiger partial charge >= 0.3 is 6.18 Å². The van der Waals surface area contributed by atoms with Crippen molar-refractivity contribution >= 4 is 11.6 Å². The van der Waals surface area contributed by atoms with Crippen LogP contribution in [0.3, 0.4) is 0 Å². The standard InChI is InChI=1S/C23H24F3N3O2/c1-21(2)19(29-12-17-15(18(29)30)6-5-9-28-17)22(3,4)20(21)31-14-8-7-13(11-27)16(10-14)23(24,25)26/h6-8,10,19-20H,5,9,12H2,1-4H3/t19-,20-. The van der Waals surface area contributed by atoms with Crippen molar-refractivity contribution in [3.05, 3.63) is 41.0 Å². The molecule has 4 rings (SSSR count). The Labute approximate surface area is 179 Å². The molecule has 0 N–H and O–H groups in total. The van der Waals surface area contributed by atoms with Crippen molar-refractivity contribution in [1.29, 1.82) is 5.26 Å². The van der Waals surface area contributed by atoms with E-state index in [4.69, 9.17) is 10.00 Å². The van der Waals surface area contributed by atoms with Crippen molar-refractivity contribution in [2.75, 3.05) is 13.1 Å². The Hall–Kier alpha value is -2.82. The van der Waals surface area contributed by atoms with Crippen LogP contribution in [0.2, 0.25) is 0 Å². The van der Waals surface area contributed by atoms with Gasteiger partial charge in [-0.2, -0.15) is 18.4 Å². The Bertz CT molecular complexity index is 1030. The molecule has 2 fully saturated rings. The first-order chi connectivity index (χ1) is 14.4. The number of rotatable bonds is 3. The van der Waals surface area contributed by atoms with Gasteiger partial charge in [-0.3, -0.25) is 9.79 Å². The average Bonchev–Trinajstić information content (AvgIpc) is 3.00. The van der Waals surface area contributed by atoms with Gasteiger partial charge in [0.05, 0.1) is 35.0 Å². The van der Waals surface area contributed by atoms with Crippen LogP contribution < -0.4 is 4.74 Å². The minimum atomic E-state index is -4.65. The zero-order valence-corrected chi connectivity index (χ0v) is 17.9. The maximum atomic E-state index is 13.3. The van der Waals surface area contributed by atoms with E-state index in [1.807, 2.05) is 38.7 Å². The Morgan fingerprint density at radius 1 is 1.23 bits per heavy atom. The number of likely N-dealkylation sites (tertiary alicyclic amines) is 1. The summed E-state index contributed by atoms with van der Waals surface area (Å²) in [7, 11) is 0. The highest BCUT2D eigenvalue weighted by molar-refractivity contribution is 6.27. The molecule has 1 aromatic rings. The number of halogens is 3. The molecular weight excluding hydrogens is 407 g/mol. The topological polar surface area (TPSA) is 65.7 Å². The lowest BCUT2D eigenvalue weighted by atomic mass is 9.49. The molecule has 164 valence electrons. The van der Waals surface area contributed by atoms with Crippen molar-refractivity contribution in [3.63, 3.8) is 0 Å². The zero-order valence-electron chi connectivity index (χ0n) is 17.9. The van der Waals surface area contributed by atoms with Gasteiger partial charge in [-0.1, -0.05) is 33.8 Å². The van der Waals surface area contributed by atoms with Gasteiger partial charge in [-0.05, 0) is 24.6 Å². The number of dihydropyridines is 1. The fraction of sp³-hybridized carbons (Fsp3) is 0.522. The highest BCUT2D eigenvalue weighted by Gasteiger charge is 2.67. The van der Waals surface area contributed by atoms with E-state index in [-0.39, 0.29) is 17.7 Å². The quantitative estimate of drug-likeness (QED) is 0.714. The van der Waals surface area contributed by atoms with Gasteiger partial charge in [0.25, 0.3) is 5.91 Å². The van der Waals surface area contributed by atoms with Gasteiger partial charge in [0.1, 0.15) is 11.9 Å². The number of nitriles is 1. The molecule has 0 radical (unpaired) electrons. The second kappa shape index (κ2) is 6.84. The lowest BCUT2D eigenvalue weighted by Crippen LogP contribution is -2.74. The number of ether oxygens (including phenoxy) is 1. The van der Waals surface area contributed by atoms with E-state index in [0.717, 1.165) is 24.3 Å². The van der Waals surface area contributed by atoms with Gasteiger partial charge in [0.15, 0.2) is 0 Å². The van der Waals surface area contributed by atoms with Crippen molar-refractivity contribution < 1.29 is 22.7 Å². The van der Waals surface area contributed by atoms with Gasteiger partial charge in [0.2, 0.25) is 0 Å². The fourth-order valence-electron chi connectivity index (χ4n) is 5.83. The summed E-state index contributed by atoms with van der Waals surface area (Å²) in [4.78, 5) is 19.3. The van der Waals surface area contributed by atoms with E-state index in [0.29, 0.717) is 18.7 Å². The van der Waals surface area contributed by atoms with Crippen LogP contribution in [0.5, 0.6) is 5.75 Å². The van der Waals surface area contributed by atoms with Crippen molar-refractivity contribution in [2.45, 2.75) is 52.4 Å². The third-order valence-electron chi connectivity index (χ3n) is 6.65. The molecule has 0 aromatic heterocycles. The Morgan fingerprint density at radius 3 is 2.48 bits per heavy atom. The molecule has 0 unspecified atom stereocenters. The average molecular weight is 431 g/mol. The maximum absolute atomic E-state index is 13.3. The molecule has 0 bridgehead atoms. The Kier molecular flexibility index (Phi) is 4.73. The number of amides is 1. The first kappa shape index (κ1) is 21.4. The zero-order chi connectivity index (χ0) is 22.8. The third kappa shape index (κ3) is 3.22. The predicted octanol–water partition coefficient (Wildman–Crippen LogP) is 4.37. The summed E-state index contributed by atoms with van der Waals surface area (Å²) in [5.41, 5.74) is -0.967. The van der Waals surface area contributed by atoms with E-state index in [1.54, 1.807) is 6.07 Å². The molecule has 5 nitrogen and oxygen atoms in total. The second-order valence-corrected chi connectivity index (χ2v) is 9.53. The summed E-state index contributed by atoms with van der Waals surface area (Å²) in [5, 5.41) is 9.00. The van der Waals surface area contributed by atoms with Crippen LogP contribution in [0.1, 0.15) is 45.2 Å². The fourth-order valence-corrected chi connectivity index (χ4v) is 5.83. The molecule has 3 aliphatic rings. The first-order valence-corrected chi connectivity index (χ1v) is 10.2. The van der Waals surface area contributed by atoms with Crippen LogP contribution >= 0.6 is 0 Å². The number of nitrogens with zero attached hydrogens (tertiary/aromatic N) is 3. The van der Waals surface area contributed by atoms with Crippen molar-refractivity contribution in [1.82, 2.24) is 4.90 Å². The molecule has 1 saturated carbocycles. The normalized spacial score (nSPS) is 26.4. The smallest absolute Gasteiger partial charge is 0.417 e. The molecule has 0 atom stereocenters. The van der Waals surface area contributed by atoms with E-state index in [2.05, 4.69) is 4.99 Å². The van der Waals surface area contributed by atoms with Gasteiger partial charge in [-0.15, -0.1) is 0 Å². The molecule has 1 saturated heterocycles. The molecule has 1 aromatic carbocycles. The number of carbonyl (C=O) groups excluding carboxylic acids is 1. The largest absolute Gasteiger partial charge is 0.489 e. The Balaban J connectivity index is 1.61. The molecular formula is C23H24F3N3O2. The van der Waals surface area contributed by atoms with E-state index in [1.165, 1.54) is 6.07 Å². The first-order valence-electron chi connectivity index (χ1n) is 10.2. The summed E-state index contributed by atoms with van der Waals surface area (Å²) in [6, 6.07) is 4.83. The third-order valence-corrected chi connectivity index (χ3v) is 6.65. The minimum absolute atomic E-state index is 0.0409. The molecule has 2 aliphatic heterocycles. The molecule has 1 aliphatic carbocycles. The SMILES string of the molecule is CC1(C)[C@H](Oc2ccc(C#N)c(C(F)(F)F)c2)C(C)(C)[C@H]1N1CC2=NCCC=C2C1=O. The van der Waals surface area contributed by atoms with Crippen LogP contribution in [-0.4, -0.2) is 41.8 Å². The van der Waals surface area contributed by atoms with Crippen LogP contribution in [0.15, 0.2) is 34.8 Å². The van der Waals surface area contributed by atoms with Gasteiger partial charge < -0.3 is 9.64 Å². The lowest BCUT2D eigenvalue weighted by molar-refractivity contribution is -0.206. The number of aliphatic imine (C=N–C) groups is 1. The van der Waals surface area contributed by atoms with E-state index < -0.39 is 34.2 Å². The monoisotopic (exact) mass is 431 g/mol. The van der Waals surface area contributed by atoms with E-state index >= 15 is 0 Å². The molecule has 31 heavy (non-hydrogen) atoms. The highest BCUT2D eigenvalue weighted by atomic mass is 19.4. The maximum Gasteiger partial charge on any atom is 0.417 e. The number of hydrogen-bond donors (Lipinski definition) is 0. The molecule has 2 heterocycles. The van der Waals surface area contributed by atoms with Crippen LogP contribution in [0, 0.1) is 22.2 Å². The number of fused-ring (bicyclic) bond motifs is 1. The van der Waals surface area contributed by atoms with E-state index in [9.17, 15) is 18.0 Å². The highest BCUT2D eigenvalue weighted by Crippen LogP contribution is 2.58. The predicted molar refractivity (Wildman–Crippen MR) is 109 cm³/mol. The number of carbonyl (C=O) groups is 1.